The molecule has 0 aromatic rings. The lowest BCUT2D eigenvalue weighted by atomic mass is 9.73. The number of carboxylic acids is 1. The van der Waals surface area contributed by atoms with Crippen LogP contribution in [-0.4, -0.2) is 46.0 Å². The molecule has 1 saturated carbocycles. The van der Waals surface area contributed by atoms with Crippen molar-refractivity contribution in [2.45, 2.75) is 18.1 Å². The molecule has 3 atom stereocenters. The number of amides is 1. The molecule has 2 aliphatic rings. The average molecular weight is 275 g/mol. The standard InChI is InChI=1S/C11H17NO3S2/c13-10(8-1-2-9(8)11(14)15)12-5-7-6-16-3-4-17-7/h7-9H,1-6H2,(H,12,13)(H,14,15). The number of hydrogen-bond acceptors (Lipinski definition) is 4. The van der Waals surface area contributed by atoms with Crippen molar-refractivity contribution in [3.63, 3.8) is 0 Å². The lowest BCUT2D eigenvalue weighted by molar-refractivity contribution is -0.152. The molecule has 6 heteroatoms. The third-order valence-electron chi connectivity index (χ3n) is 3.32. The molecule has 1 heterocycles. The highest BCUT2D eigenvalue weighted by molar-refractivity contribution is 8.06. The van der Waals surface area contributed by atoms with Crippen LogP contribution in [0, 0.1) is 11.8 Å². The summed E-state index contributed by atoms with van der Waals surface area (Å²) in [5, 5.41) is 12.3. The first-order valence-electron chi connectivity index (χ1n) is 5.88. The molecular formula is C11H17NO3S2. The van der Waals surface area contributed by atoms with E-state index in [1.807, 2.05) is 23.5 Å². The molecular weight excluding hydrogens is 258 g/mol. The summed E-state index contributed by atoms with van der Waals surface area (Å²) in [6.07, 6.45) is 1.36. The number of nitrogens with one attached hydrogen (secondary N) is 1. The Kier molecular flexibility index (Phi) is 4.62. The molecule has 1 aliphatic heterocycles. The van der Waals surface area contributed by atoms with Gasteiger partial charge in [0.2, 0.25) is 5.91 Å². The highest BCUT2D eigenvalue weighted by atomic mass is 32.2. The summed E-state index contributed by atoms with van der Waals surface area (Å²) in [5.74, 6) is 1.76. The molecule has 2 rings (SSSR count). The predicted octanol–water partition coefficient (Wildman–Crippen LogP) is 1.06. The Morgan fingerprint density at radius 1 is 1.24 bits per heavy atom. The molecule has 0 radical (unpaired) electrons. The highest BCUT2D eigenvalue weighted by Crippen LogP contribution is 2.34. The van der Waals surface area contributed by atoms with E-state index in [2.05, 4.69) is 5.32 Å². The maximum Gasteiger partial charge on any atom is 0.307 e. The maximum absolute atomic E-state index is 11.8. The van der Waals surface area contributed by atoms with Gasteiger partial charge in [-0.25, -0.2) is 0 Å². The summed E-state index contributed by atoms with van der Waals surface area (Å²) in [6, 6.07) is 0. The van der Waals surface area contributed by atoms with Gasteiger partial charge >= 0.3 is 5.97 Å². The Hall–Kier alpha value is -0.360. The van der Waals surface area contributed by atoms with Gasteiger partial charge in [0.05, 0.1) is 11.8 Å². The normalized spacial score (nSPS) is 32.6. The molecule has 0 aromatic heterocycles. The summed E-state index contributed by atoms with van der Waals surface area (Å²) in [7, 11) is 0. The van der Waals surface area contributed by atoms with E-state index in [1.54, 1.807) is 0 Å². The minimum Gasteiger partial charge on any atom is -0.481 e. The van der Waals surface area contributed by atoms with Crippen LogP contribution < -0.4 is 5.32 Å². The van der Waals surface area contributed by atoms with Crippen LogP contribution in [0.2, 0.25) is 0 Å². The van der Waals surface area contributed by atoms with Crippen molar-refractivity contribution in [1.82, 2.24) is 5.32 Å². The smallest absolute Gasteiger partial charge is 0.307 e. The van der Waals surface area contributed by atoms with Crippen molar-refractivity contribution >= 4 is 35.4 Å². The quantitative estimate of drug-likeness (QED) is 0.803. The van der Waals surface area contributed by atoms with E-state index in [4.69, 9.17) is 5.11 Å². The summed E-state index contributed by atoms with van der Waals surface area (Å²) >= 11 is 3.82. The van der Waals surface area contributed by atoms with Crippen LogP contribution in [0.5, 0.6) is 0 Å². The third kappa shape index (κ3) is 3.31. The van der Waals surface area contributed by atoms with Gasteiger partial charge in [-0.05, 0) is 12.8 Å². The molecule has 0 spiro atoms. The first kappa shape index (κ1) is 13.1. The van der Waals surface area contributed by atoms with Crippen LogP contribution >= 0.6 is 23.5 Å². The monoisotopic (exact) mass is 275 g/mol. The zero-order chi connectivity index (χ0) is 12.3. The number of carbonyl (C=O) groups is 2. The van der Waals surface area contributed by atoms with E-state index >= 15 is 0 Å². The van der Waals surface area contributed by atoms with Crippen LogP contribution in [0.1, 0.15) is 12.8 Å². The van der Waals surface area contributed by atoms with Gasteiger partial charge in [0.15, 0.2) is 0 Å². The molecule has 2 N–H and O–H groups in total. The molecule has 0 bridgehead atoms. The molecule has 4 nitrogen and oxygen atoms in total. The average Bonchev–Trinajstić information content (AvgIpc) is 2.25. The SMILES string of the molecule is O=C(O)C1CCC1C(=O)NCC1CSCCS1. The largest absolute Gasteiger partial charge is 0.481 e. The maximum atomic E-state index is 11.8. The molecule has 1 aliphatic carbocycles. The van der Waals surface area contributed by atoms with Gasteiger partial charge in [0, 0.05) is 29.1 Å². The van der Waals surface area contributed by atoms with Gasteiger partial charge in [-0.15, -0.1) is 0 Å². The Morgan fingerprint density at radius 3 is 2.53 bits per heavy atom. The summed E-state index contributed by atoms with van der Waals surface area (Å²) in [5.41, 5.74) is 0. The number of thioether (sulfide) groups is 2. The molecule has 3 unspecified atom stereocenters. The third-order valence-corrected chi connectivity index (χ3v) is 6.16. The van der Waals surface area contributed by atoms with Crippen LogP contribution in [0.4, 0.5) is 0 Å². The summed E-state index contributed by atoms with van der Waals surface area (Å²) < 4.78 is 0. The van der Waals surface area contributed by atoms with Crippen molar-refractivity contribution in [3.8, 4) is 0 Å². The van der Waals surface area contributed by atoms with Crippen molar-refractivity contribution in [1.29, 1.82) is 0 Å². The van der Waals surface area contributed by atoms with Gasteiger partial charge in [-0.3, -0.25) is 9.59 Å². The van der Waals surface area contributed by atoms with E-state index in [-0.39, 0.29) is 11.8 Å². The van der Waals surface area contributed by atoms with E-state index < -0.39 is 11.9 Å². The molecule has 17 heavy (non-hydrogen) atoms. The Labute approximate surface area is 109 Å². The Bertz CT molecular complexity index is 305. The molecule has 2 fully saturated rings. The minimum absolute atomic E-state index is 0.0696. The van der Waals surface area contributed by atoms with E-state index in [1.165, 1.54) is 5.75 Å². The van der Waals surface area contributed by atoms with Gasteiger partial charge in [-0.1, -0.05) is 0 Å². The second-order valence-electron chi connectivity index (χ2n) is 4.44. The first-order chi connectivity index (χ1) is 8.18. The fourth-order valence-corrected chi connectivity index (χ4v) is 4.72. The number of aliphatic carboxylic acids is 1. The van der Waals surface area contributed by atoms with Crippen LogP contribution in [-0.2, 0) is 9.59 Å². The predicted molar refractivity (Wildman–Crippen MR) is 70.4 cm³/mol. The van der Waals surface area contributed by atoms with E-state index in [0.717, 1.165) is 17.9 Å². The molecule has 0 aromatic carbocycles. The van der Waals surface area contributed by atoms with Crippen molar-refractivity contribution in [2.75, 3.05) is 23.8 Å². The lowest BCUT2D eigenvalue weighted by Crippen LogP contribution is -2.46. The second kappa shape index (κ2) is 6.00. The number of carboxylic acid groups (broad SMARTS) is 1. The van der Waals surface area contributed by atoms with Crippen LogP contribution in [0.3, 0.4) is 0 Å². The van der Waals surface area contributed by atoms with Gasteiger partial charge in [0.25, 0.3) is 0 Å². The number of rotatable bonds is 4. The second-order valence-corrected chi connectivity index (χ2v) is 7.00. The molecule has 96 valence electrons. The highest BCUT2D eigenvalue weighted by Gasteiger charge is 2.41. The lowest BCUT2D eigenvalue weighted by Gasteiger charge is -2.32. The Balaban J connectivity index is 1.71. The molecule has 1 amide bonds. The Morgan fingerprint density at radius 2 is 2.00 bits per heavy atom. The van der Waals surface area contributed by atoms with Crippen LogP contribution in [0.25, 0.3) is 0 Å². The van der Waals surface area contributed by atoms with E-state index in [0.29, 0.717) is 18.2 Å². The van der Waals surface area contributed by atoms with Gasteiger partial charge < -0.3 is 10.4 Å². The van der Waals surface area contributed by atoms with Gasteiger partial charge in [0.1, 0.15) is 0 Å². The fourth-order valence-electron chi connectivity index (χ4n) is 2.11. The zero-order valence-electron chi connectivity index (χ0n) is 9.55. The minimum atomic E-state index is -0.834. The van der Waals surface area contributed by atoms with Crippen molar-refractivity contribution < 1.29 is 14.7 Å². The zero-order valence-corrected chi connectivity index (χ0v) is 11.2. The summed E-state index contributed by atoms with van der Waals surface area (Å²) in [6.45, 7) is 0.680. The number of carbonyl (C=O) groups excluding carboxylic acids is 1. The van der Waals surface area contributed by atoms with E-state index in [9.17, 15) is 9.59 Å². The first-order valence-corrected chi connectivity index (χ1v) is 8.08. The van der Waals surface area contributed by atoms with Crippen molar-refractivity contribution in [3.05, 3.63) is 0 Å². The fraction of sp³-hybridized carbons (Fsp3) is 0.818. The van der Waals surface area contributed by atoms with Gasteiger partial charge in [-0.2, -0.15) is 23.5 Å². The summed E-state index contributed by atoms with van der Waals surface area (Å²) in [4.78, 5) is 22.6. The topological polar surface area (TPSA) is 66.4 Å². The van der Waals surface area contributed by atoms with Crippen LogP contribution in [0.15, 0.2) is 0 Å². The molecule has 1 saturated heterocycles. The number of hydrogen-bond donors (Lipinski definition) is 2. The van der Waals surface area contributed by atoms with Crippen molar-refractivity contribution in [2.24, 2.45) is 11.8 Å².